The van der Waals surface area contributed by atoms with Gasteiger partial charge in [-0.15, -0.1) is 0 Å². The molecule has 0 saturated carbocycles. The summed E-state index contributed by atoms with van der Waals surface area (Å²) in [5.41, 5.74) is 0. The zero-order chi connectivity index (χ0) is 15.4. The van der Waals surface area contributed by atoms with E-state index in [0.29, 0.717) is 12.5 Å². The van der Waals surface area contributed by atoms with Crippen LogP contribution in [0.2, 0.25) is 0 Å². The van der Waals surface area contributed by atoms with E-state index in [4.69, 9.17) is 0 Å². The second kappa shape index (κ2) is 6.72. The highest BCUT2D eigenvalue weighted by atomic mass is 16.2. The Labute approximate surface area is 130 Å². The normalized spacial score (nSPS) is 18.6. The number of rotatable bonds is 5. The maximum Gasteiger partial charge on any atom is 0.222 e. The summed E-state index contributed by atoms with van der Waals surface area (Å²) in [6.45, 7) is 4.41. The maximum atomic E-state index is 12.4. The monoisotopic (exact) mass is 302 g/mol. The standard InChI is InChI=1S/C15H22N6O/c1-13-17-6-9-21(13)14-4-2-7-19(10-14)15(22)5-3-8-20-12-16-11-18-20/h6,9,11-12,14H,2-5,7-8,10H2,1H3/t14-/m0/s1. The van der Waals surface area contributed by atoms with Crippen molar-refractivity contribution in [1.82, 2.24) is 29.2 Å². The number of likely N-dealkylation sites (tertiary alicyclic amines) is 1. The second-order valence-corrected chi connectivity index (χ2v) is 5.78. The average molecular weight is 302 g/mol. The fourth-order valence-electron chi connectivity index (χ4n) is 3.08. The van der Waals surface area contributed by atoms with E-state index in [1.807, 2.05) is 24.2 Å². The lowest BCUT2D eigenvalue weighted by atomic mass is 10.0. The highest BCUT2D eigenvalue weighted by Gasteiger charge is 2.24. The molecule has 3 rings (SSSR count). The largest absolute Gasteiger partial charge is 0.341 e. The molecule has 118 valence electrons. The third kappa shape index (κ3) is 3.35. The van der Waals surface area contributed by atoms with Crippen LogP contribution in [0.25, 0.3) is 0 Å². The lowest BCUT2D eigenvalue weighted by molar-refractivity contribution is -0.133. The summed E-state index contributed by atoms with van der Waals surface area (Å²) in [4.78, 5) is 22.6. The molecule has 2 aromatic rings. The minimum absolute atomic E-state index is 0.239. The topological polar surface area (TPSA) is 68.8 Å². The smallest absolute Gasteiger partial charge is 0.222 e. The van der Waals surface area contributed by atoms with Gasteiger partial charge in [-0.25, -0.2) is 9.97 Å². The number of amides is 1. The van der Waals surface area contributed by atoms with Crippen LogP contribution < -0.4 is 0 Å². The van der Waals surface area contributed by atoms with Crippen LogP contribution in [0.4, 0.5) is 0 Å². The second-order valence-electron chi connectivity index (χ2n) is 5.78. The van der Waals surface area contributed by atoms with Crippen LogP contribution in [-0.4, -0.2) is 48.2 Å². The third-order valence-electron chi connectivity index (χ3n) is 4.25. The number of carbonyl (C=O) groups is 1. The molecule has 0 aliphatic carbocycles. The maximum absolute atomic E-state index is 12.4. The summed E-state index contributed by atoms with van der Waals surface area (Å²) in [6.07, 6.45) is 10.6. The molecule has 0 aromatic carbocycles. The highest BCUT2D eigenvalue weighted by Crippen LogP contribution is 2.23. The molecule has 1 saturated heterocycles. The first-order valence-corrected chi connectivity index (χ1v) is 7.83. The Hall–Kier alpha value is -2.18. The van der Waals surface area contributed by atoms with Crippen molar-refractivity contribution in [2.24, 2.45) is 0 Å². The number of aromatic nitrogens is 5. The first kappa shape index (κ1) is 14.7. The highest BCUT2D eigenvalue weighted by molar-refractivity contribution is 5.76. The van der Waals surface area contributed by atoms with E-state index >= 15 is 0 Å². The van der Waals surface area contributed by atoms with E-state index in [1.54, 1.807) is 11.0 Å². The van der Waals surface area contributed by atoms with E-state index < -0.39 is 0 Å². The Morgan fingerprint density at radius 1 is 1.45 bits per heavy atom. The van der Waals surface area contributed by atoms with Crippen LogP contribution in [0.5, 0.6) is 0 Å². The van der Waals surface area contributed by atoms with Gasteiger partial charge in [-0.3, -0.25) is 9.48 Å². The molecule has 1 fully saturated rings. The fourth-order valence-corrected chi connectivity index (χ4v) is 3.08. The van der Waals surface area contributed by atoms with Crippen LogP contribution in [0.3, 0.4) is 0 Å². The lowest BCUT2D eigenvalue weighted by Gasteiger charge is -2.34. The molecule has 1 aliphatic rings. The van der Waals surface area contributed by atoms with Gasteiger partial charge in [-0.2, -0.15) is 5.10 Å². The predicted octanol–water partition coefficient (Wildman–Crippen LogP) is 1.43. The Kier molecular flexibility index (Phi) is 4.50. The van der Waals surface area contributed by atoms with Crippen molar-refractivity contribution in [3.63, 3.8) is 0 Å². The Morgan fingerprint density at radius 3 is 3.09 bits per heavy atom. The van der Waals surface area contributed by atoms with Gasteiger partial charge < -0.3 is 9.47 Å². The minimum Gasteiger partial charge on any atom is -0.341 e. The number of carbonyl (C=O) groups excluding carboxylic acids is 1. The molecule has 1 amide bonds. The molecule has 0 spiro atoms. The molecule has 22 heavy (non-hydrogen) atoms. The molecule has 3 heterocycles. The quantitative estimate of drug-likeness (QED) is 0.838. The van der Waals surface area contributed by atoms with Crippen LogP contribution in [-0.2, 0) is 11.3 Å². The summed E-state index contributed by atoms with van der Waals surface area (Å²) in [6, 6.07) is 0.357. The number of imidazole rings is 1. The Balaban J connectivity index is 1.51. The molecular formula is C15H22N6O. The van der Waals surface area contributed by atoms with E-state index in [2.05, 4.69) is 19.6 Å². The predicted molar refractivity (Wildman–Crippen MR) is 81.1 cm³/mol. The van der Waals surface area contributed by atoms with Gasteiger partial charge in [0.1, 0.15) is 18.5 Å². The van der Waals surface area contributed by atoms with Crippen molar-refractivity contribution in [1.29, 1.82) is 0 Å². The summed E-state index contributed by atoms with van der Waals surface area (Å²) in [7, 11) is 0. The van der Waals surface area contributed by atoms with Gasteiger partial charge in [0.15, 0.2) is 0 Å². The van der Waals surface area contributed by atoms with Crippen molar-refractivity contribution >= 4 is 5.91 Å². The number of hydrogen-bond acceptors (Lipinski definition) is 4. The van der Waals surface area contributed by atoms with Crippen molar-refractivity contribution in [2.75, 3.05) is 13.1 Å². The average Bonchev–Trinajstić information content (AvgIpc) is 3.19. The third-order valence-corrected chi connectivity index (χ3v) is 4.25. The summed E-state index contributed by atoms with van der Waals surface area (Å²) >= 11 is 0. The molecule has 1 atom stereocenters. The molecule has 0 bridgehead atoms. The van der Waals surface area contributed by atoms with Crippen molar-refractivity contribution < 1.29 is 4.79 Å². The fraction of sp³-hybridized carbons (Fsp3) is 0.600. The van der Waals surface area contributed by atoms with Crippen molar-refractivity contribution in [3.05, 3.63) is 30.9 Å². The molecule has 0 N–H and O–H groups in total. The number of hydrogen-bond donors (Lipinski definition) is 0. The molecule has 1 aliphatic heterocycles. The molecule has 0 unspecified atom stereocenters. The Morgan fingerprint density at radius 2 is 2.36 bits per heavy atom. The molecule has 0 radical (unpaired) electrons. The van der Waals surface area contributed by atoms with Crippen LogP contribution >= 0.6 is 0 Å². The van der Waals surface area contributed by atoms with Crippen LogP contribution in [0.15, 0.2) is 25.0 Å². The van der Waals surface area contributed by atoms with Gasteiger partial charge in [-0.05, 0) is 26.2 Å². The summed E-state index contributed by atoms with van der Waals surface area (Å²) < 4.78 is 3.95. The van der Waals surface area contributed by atoms with Gasteiger partial charge in [-0.1, -0.05) is 0 Å². The summed E-state index contributed by atoms with van der Waals surface area (Å²) in [5.74, 6) is 1.26. The first-order valence-electron chi connectivity index (χ1n) is 7.83. The first-order chi connectivity index (χ1) is 10.7. The van der Waals surface area contributed by atoms with E-state index in [0.717, 1.165) is 44.7 Å². The number of nitrogens with zero attached hydrogens (tertiary/aromatic N) is 6. The van der Waals surface area contributed by atoms with Gasteiger partial charge in [0.25, 0.3) is 0 Å². The molecule has 2 aromatic heterocycles. The zero-order valence-corrected chi connectivity index (χ0v) is 12.9. The number of piperidine rings is 1. The van der Waals surface area contributed by atoms with E-state index in [-0.39, 0.29) is 5.91 Å². The van der Waals surface area contributed by atoms with Crippen LogP contribution in [0, 0.1) is 6.92 Å². The Bertz CT molecular complexity index is 605. The van der Waals surface area contributed by atoms with E-state index in [1.165, 1.54) is 6.33 Å². The van der Waals surface area contributed by atoms with Gasteiger partial charge in [0.2, 0.25) is 5.91 Å². The van der Waals surface area contributed by atoms with Crippen LogP contribution in [0.1, 0.15) is 37.5 Å². The summed E-state index contributed by atoms with van der Waals surface area (Å²) in [5, 5.41) is 4.05. The van der Waals surface area contributed by atoms with Gasteiger partial charge in [0.05, 0.1) is 6.04 Å². The molecule has 7 heteroatoms. The SMILES string of the molecule is Cc1nccn1[C@H]1CCCN(C(=O)CCCn2cncn2)C1. The van der Waals surface area contributed by atoms with Crippen molar-refractivity contribution in [3.8, 4) is 0 Å². The molecular weight excluding hydrogens is 280 g/mol. The zero-order valence-electron chi connectivity index (χ0n) is 12.9. The minimum atomic E-state index is 0.239. The molecule has 7 nitrogen and oxygen atoms in total. The van der Waals surface area contributed by atoms with Gasteiger partial charge in [0, 0.05) is 38.4 Å². The van der Waals surface area contributed by atoms with Gasteiger partial charge >= 0.3 is 0 Å². The lowest BCUT2D eigenvalue weighted by Crippen LogP contribution is -2.40. The van der Waals surface area contributed by atoms with E-state index in [9.17, 15) is 4.79 Å². The van der Waals surface area contributed by atoms with Crippen molar-refractivity contribution in [2.45, 2.75) is 45.2 Å². The number of aryl methyl sites for hydroxylation is 2.